The van der Waals surface area contributed by atoms with Crippen LogP contribution in [0.15, 0.2) is 91.1 Å². The summed E-state index contributed by atoms with van der Waals surface area (Å²) >= 11 is 1.40. The highest BCUT2D eigenvalue weighted by Crippen LogP contribution is 2.78. The van der Waals surface area contributed by atoms with Gasteiger partial charge in [-0.3, -0.25) is 39.4 Å². The number of amides is 6. The molecule has 4 unspecified atom stereocenters. The number of hydrogen-bond acceptors (Lipinski definition) is 22. The number of pyridine rings is 1. The van der Waals surface area contributed by atoms with Gasteiger partial charge in [0.05, 0.1) is 47.5 Å². The number of benzene rings is 3. The molecule has 6 heterocycles. The lowest BCUT2D eigenvalue weighted by atomic mass is 9.65. The molecular formula is C71H82N10O19S. The molecule has 1 saturated heterocycles. The first kappa shape index (κ1) is 71.4. The van der Waals surface area contributed by atoms with Gasteiger partial charge in [-0.15, -0.1) is 0 Å². The molecule has 3 aromatic heterocycles. The van der Waals surface area contributed by atoms with E-state index >= 15 is 0 Å². The number of carboxylic acid groups (broad SMARTS) is 2. The molecule has 3 aliphatic heterocycles. The number of carboxylic acids is 2. The third-order valence-electron chi connectivity index (χ3n) is 20.3. The zero-order valence-corrected chi connectivity index (χ0v) is 57.2. The van der Waals surface area contributed by atoms with Gasteiger partial charge in [0.2, 0.25) is 12.2 Å². The topological polar surface area (TPSA) is 382 Å². The molecule has 0 radical (unpaired) electrons. The van der Waals surface area contributed by atoms with Crippen molar-refractivity contribution >= 4 is 85.9 Å². The van der Waals surface area contributed by atoms with Gasteiger partial charge in [0.25, 0.3) is 17.7 Å². The van der Waals surface area contributed by atoms with E-state index in [1.54, 1.807) is 25.4 Å². The molecule has 101 heavy (non-hydrogen) atoms. The van der Waals surface area contributed by atoms with Gasteiger partial charge in [0.1, 0.15) is 43.1 Å². The van der Waals surface area contributed by atoms with Crippen LogP contribution in [0.1, 0.15) is 115 Å². The number of nitrogens with zero attached hydrogens (tertiary/aromatic N) is 7. The molecule has 536 valence electrons. The molecule has 13 rings (SSSR count). The van der Waals surface area contributed by atoms with Gasteiger partial charge >= 0.3 is 24.1 Å². The summed E-state index contributed by atoms with van der Waals surface area (Å²) in [6.45, 7) is 8.84. The first-order chi connectivity index (χ1) is 48.3. The highest BCUT2D eigenvalue weighted by atomic mass is 32.1. The quantitative estimate of drug-likeness (QED) is 0.0176. The number of ether oxygens (including phenoxy) is 6. The summed E-state index contributed by atoms with van der Waals surface area (Å²) < 4.78 is 37.5. The third kappa shape index (κ3) is 15.4. The Labute approximate surface area is 584 Å². The van der Waals surface area contributed by atoms with Gasteiger partial charge in [-0.25, -0.2) is 29.1 Å². The second-order valence-electron chi connectivity index (χ2n) is 27.6. The maximum atomic E-state index is 13.8. The van der Waals surface area contributed by atoms with Crippen LogP contribution in [-0.4, -0.2) is 199 Å². The molecule has 3 aromatic carbocycles. The third-order valence-corrected chi connectivity index (χ3v) is 21.3. The summed E-state index contributed by atoms with van der Waals surface area (Å²) in [7, 11) is 1.60. The average molecular weight is 1410 g/mol. The average Bonchev–Trinajstić information content (AvgIpc) is 1.50. The Balaban J connectivity index is 0.638. The van der Waals surface area contributed by atoms with Crippen molar-refractivity contribution in [1.29, 1.82) is 0 Å². The van der Waals surface area contributed by atoms with E-state index in [0.29, 0.717) is 78.5 Å². The minimum absolute atomic E-state index is 0.0161. The molecule has 4 aliphatic carbocycles. The number of unbranched alkanes of at least 4 members (excludes halogenated alkanes) is 2. The number of fused-ring (bicyclic) bond motifs is 2. The van der Waals surface area contributed by atoms with Crippen molar-refractivity contribution in [2.75, 3.05) is 75.2 Å². The van der Waals surface area contributed by atoms with Crippen LogP contribution in [0.3, 0.4) is 0 Å². The monoisotopic (exact) mass is 1410 g/mol. The summed E-state index contributed by atoms with van der Waals surface area (Å²) in [5.74, 6) is -3.49. The van der Waals surface area contributed by atoms with Crippen LogP contribution in [0.4, 0.5) is 26.2 Å². The number of nitrogens with one attached hydrogen (secondary N) is 3. The molecule has 4 saturated carbocycles. The molecule has 6 amide bonds. The number of carbonyl (C=O) groups is 8. The van der Waals surface area contributed by atoms with Gasteiger partial charge in [-0.2, -0.15) is 5.10 Å². The second-order valence-corrected chi connectivity index (χ2v) is 28.7. The van der Waals surface area contributed by atoms with Crippen molar-refractivity contribution in [3.05, 3.63) is 125 Å². The van der Waals surface area contributed by atoms with E-state index in [1.165, 1.54) is 46.6 Å². The van der Waals surface area contributed by atoms with E-state index in [1.807, 2.05) is 59.0 Å². The van der Waals surface area contributed by atoms with Gasteiger partial charge in [-0.05, 0) is 134 Å². The fourth-order valence-electron chi connectivity index (χ4n) is 15.9. The molecule has 30 heteroatoms. The number of aromatic carboxylic acids is 1. The Morgan fingerprint density at radius 2 is 1.62 bits per heavy atom. The minimum Gasteiger partial charge on any atom is -0.489 e. The molecular weight excluding hydrogens is 1330 g/mol. The van der Waals surface area contributed by atoms with Crippen molar-refractivity contribution in [3.63, 3.8) is 0 Å². The molecule has 29 nitrogen and oxygen atoms in total. The lowest BCUT2D eigenvalue weighted by Crippen LogP contribution is -2.60. The molecule has 8 N–H and O–H groups in total. The predicted molar refractivity (Wildman–Crippen MR) is 364 cm³/mol. The first-order valence-corrected chi connectivity index (χ1v) is 34.5. The standard InChI is InChI=1S/C71H82N10O19S/c1-41-46(44-17-19-52(76-56(44)62(89)90)79-25-22-43-11-10-12-45(47(43)33-79)61(88)77-65-74-49-13-7-8-14-51(49)101-65)32-73-81(41)40-70-36-68(2)35-69(70,3)38-71(37-68,39-70)98-28-26-78(4)67(94)97-34-42-16-18-48(75-66(93)100-64-59(87)57(85)58(86)60(99-64)63(91)92)50(31-42)96-30-29-95-27-23-72-53(82)15-6-5-9-24-80-54(83)20-21-55(80)84/h7-8,10-14,16-21,31-32,57-60,64,85-87H,5-6,9,15,22-30,33-40H2,1-4H3,(H,72,82)(H,75,93)(H,89,90)(H,91,92)(H,74,77,88)/t57-,58?,59+,60-,64-,68?,69-,70?,71?/m0/s1. The number of imide groups is 1. The second kappa shape index (κ2) is 29.6. The van der Waals surface area contributed by atoms with Crippen LogP contribution in [0.25, 0.3) is 21.3 Å². The number of rotatable bonds is 29. The number of aromatic nitrogens is 4. The smallest absolute Gasteiger partial charge is 0.414 e. The van der Waals surface area contributed by atoms with Crippen molar-refractivity contribution in [3.8, 4) is 16.9 Å². The Kier molecular flexibility index (Phi) is 21.0. The molecule has 6 aromatic rings. The number of anilines is 3. The van der Waals surface area contributed by atoms with Crippen LogP contribution in [-0.2, 0) is 69.0 Å². The molecule has 0 spiro atoms. The summed E-state index contributed by atoms with van der Waals surface area (Å²) in [5, 5.41) is 64.7. The van der Waals surface area contributed by atoms with Crippen LogP contribution < -0.4 is 25.6 Å². The van der Waals surface area contributed by atoms with Crippen molar-refractivity contribution < 1.29 is 92.3 Å². The lowest BCUT2D eigenvalue weighted by Gasteiger charge is -2.46. The van der Waals surface area contributed by atoms with Crippen LogP contribution >= 0.6 is 11.3 Å². The normalized spacial score (nSPS) is 24.8. The van der Waals surface area contributed by atoms with Gasteiger partial charge in [0, 0.05) is 87.3 Å². The van der Waals surface area contributed by atoms with Gasteiger partial charge in [0.15, 0.2) is 16.9 Å². The fourth-order valence-corrected chi connectivity index (χ4v) is 16.8. The van der Waals surface area contributed by atoms with Crippen LogP contribution in [0, 0.1) is 23.2 Å². The lowest BCUT2D eigenvalue weighted by molar-refractivity contribution is -0.277. The number of likely N-dealkylation sites (N-methyl/N-ethyl adjacent to an activating group) is 1. The maximum Gasteiger partial charge on any atom is 0.414 e. The van der Waals surface area contributed by atoms with Gasteiger partial charge in [-0.1, -0.05) is 61.9 Å². The number of aliphatic hydroxyl groups excluding tert-OH is 3. The van der Waals surface area contributed by atoms with Gasteiger partial charge < -0.3 is 69.1 Å². The van der Waals surface area contributed by atoms with E-state index in [2.05, 4.69) is 34.8 Å². The first-order valence-electron chi connectivity index (χ1n) is 33.7. The zero-order valence-electron chi connectivity index (χ0n) is 56.4. The fraction of sp³-hybridized carbons (Fsp3) is 0.479. The van der Waals surface area contributed by atoms with E-state index in [-0.39, 0.29) is 116 Å². The zero-order chi connectivity index (χ0) is 71.5. The molecule has 5 fully saturated rings. The van der Waals surface area contributed by atoms with E-state index < -0.39 is 60.4 Å². The summed E-state index contributed by atoms with van der Waals surface area (Å²) in [4.78, 5) is 115. The SMILES string of the molecule is Cc1c(-c2ccc(N3CCc4cccc(C(=O)Nc5nc6ccccc6s5)c4C3)nc2C(=O)O)cnn1CC12CC3(C)CC(OCCN(C)C(=O)OCc4ccc(NC(=O)O[C@@H]5O[C@H](C(=O)O)C(O)[C@H](O)[C@H]5O)c(OCCOCCNC(=O)CCCCCN5C(=O)C=CC5=O)c4)(C1)C[C@]2(C)C3. The van der Waals surface area contributed by atoms with E-state index in [9.17, 15) is 63.9 Å². The molecule has 4 bridgehead atoms. The Hall–Kier alpha value is -9.43. The largest absolute Gasteiger partial charge is 0.489 e. The minimum atomic E-state index is -2.03. The number of aliphatic hydroxyl groups is 3. The predicted octanol–water partition coefficient (Wildman–Crippen LogP) is 6.83. The number of para-hydroxylation sites is 1. The number of thiazole rings is 1. The van der Waals surface area contributed by atoms with Crippen LogP contribution in [0.5, 0.6) is 5.75 Å². The summed E-state index contributed by atoms with van der Waals surface area (Å²) in [6, 6.07) is 21.5. The summed E-state index contributed by atoms with van der Waals surface area (Å²) in [5.41, 5.74) is 4.65. The number of carbonyl (C=O) groups excluding carboxylic acids is 6. The van der Waals surface area contributed by atoms with Crippen molar-refractivity contribution in [2.24, 2.45) is 16.2 Å². The van der Waals surface area contributed by atoms with Crippen molar-refractivity contribution in [2.45, 2.75) is 141 Å². The Morgan fingerprint density at radius 1 is 0.822 bits per heavy atom. The highest BCUT2D eigenvalue weighted by Gasteiger charge is 2.74. The highest BCUT2D eigenvalue weighted by molar-refractivity contribution is 7.22. The van der Waals surface area contributed by atoms with Crippen LogP contribution in [0.2, 0.25) is 0 Å². The summed E-state index contributed by atoms with van der Waals surface area (Å²) in [6.07, 6.45) is -0.802. The number of hydrogen-bond donors (Lipinski definition) is 8. The maximum absolute atomic E-state index is 13.8. The molecule has 9 atom stereocenters. The molecule has 7 aliphatic rings. The van der Waals surface area contributed by atoms with E-state index in [0.717, 1.165) is 64.0 Å². The van der Waals surface area contributed by atoms with Crippen molar-refractivity contribution in [1.82, 2.24) is 34.9 Å². The Morgan fingerprint density at radius 3 is 2.41 bits per heavy atom. The number of aliphatic carboxylic acids is 1. The Bertz CT molecular complexity index is 4170. The van der Waals surface area contributed by atoms with E-state index in [4.69, 9.17) is 38.5 Å².